The fraction of sp³-hybridized carbons (Fsp3) is 0.400. The van der Waals surface area contributed by atoms with Gasteiger partial charge in [-0.1, -0.05) is 12.1 Å². The molecule has 2 nitrogen and oxygen atoms in total. The van der Waals surface area contributed by atoms with E-state index in [0.29, 0.717) is 11.5 Å². The van der Waals surface area contributed by atoms with Crippen LogP contribution in [0.3, 0.4) is 0 Å². The molecule has 4 heteroatoms. The molecule has 0 heterocycles. The van der Waals surface area contributed by atoms with Crippen molar-refractivity contribution in [1.82, 2.24) is 0 Å². The standard InChI is InChI=1S/C10H12F2O2/c11-5-7-13-9-3-1-2-4-10(9)14-8-6-12/h1-4H,5-8H2. The van der Waals surface area contributed by atoms with Crippen molar-refractivity contribution in [2.24, 2.45) is 0 Å². The van der Waals surface area contributed by atoms with Crippen molar-refractivity contribution < 1.29 is 18.3 Å². The van der Waals surface area contributed by atoms with Gasteiger partial charge in [0, 0.05) is 0 Å². The Morgan fingerprint density at radius 1 is 0.857 bits per heavy atom. The molecule has 0 amide bonds. The molecule has 0 aliphatic rings. The molecular formula is C10H12F2O2. The first kappa shape index (κ1) is 10.8. The summed E-state index contributed by atoms with van der Waals surface area (Å²) in [7, 11) is 0. The Hall–Kier alpha value is -1.32. The zero-order valence-corrected chi connectivity index (χ0v) is 7.71. The van der Waals surface area contributed by atoms with E-state index in [-0.39, 0.29) is 13.2 Å². The van der Waals surface area contributed by atoms with Gasteiger partial charge in [-0.05, 0) is 12.1 Å². The van der Waals surface area contributed by atoms with Crippen LogP contribution in [0, 0.1) is 0 Å². The van der Waals surface area contributed by atoms with E-state index in [0.717, 1.165) is 0 Å². The molecule has 0 saturated heterocycles. The quantitative estimate of drug-likeness (QED) is 0.705. The average molecular weight is 202 g/mol. The highest BCUT2D eigenvalue weighted by Crippen LogP contribution is 2.26. The number of benzene rings is 1. The minimum atomic E-state index is -0.558. The summed E-state index contributed by atoms with van der Waals surface area (Å²) in [5.41, 5.74) is 0. The predicted octanol–water partition coefficient (Wildman–Crippen LogP) is 2.38. The van der Waals surface area contributed by atoms with Crippen LogP contribution in [0.5, 0.6) is 11.5 Å². The molecule has 0 radical (unpaired) electrons. The number of alkyl halides is 2. The lowest BCUT2D eigenvalue weighted by Crippen LogP contribution is -2.03. The summed E-state index contributed by atoms with van der Waals surface area (Å²) in [4.78, 5) is 0. The van der Waals surface area contributed by atoms with Crippen LogP contribution in [-0.4, -0.2) is 26.6 Å². The van der Waals surface area contributed by atoms with Crippen molar-refractivity contribution in [2.75, 3.05) is 26.6 Å². The second kappa shape index (κ2) is 6.18. The largest absolute Gasteiger partial charge is 0.487 e. The highest BCUT2D eigenvalue weighted by molar-refractivity contribution is 5.39. The molecule has 14 heavy (non-hydrogen) atoms. The number of hydrogen-bond acceptors (Lipinski definition) is 2. The Morgan fingerprint density at radius 2 is 1.29 bits per heavy atom. The Balaban J connectivity index is 2.60. The summed E-state index contributed by atoms with van der Waals surface area (Å²) in [5, 5.41) is 0. The Labute approximate surface area is 81.4 Å². The van der Waals surface area contributed by atoms with Crippen molar-refractivity contribution in [3.05, 3.63) is 24.3 Å². The van der Waals surface area contributed by atoms with Gasteiger partial charge in [-0.3, -0.25) is 0 Å². The van der Waals surface area contributed by atoms with E-state index in [2.05, 4.69) is 0 Å². The van der Waals surface area contributed by atoms with E-state index in [1.54, 1.807) is 24.3 Å². The number of ether oxygens (including phenoxy) is 2. The maximum atomic E-state index is 11.8. The molecule has 0 saturated carbocycles. The van der Waals surface area contributed by atoms with Crippen molar-refractivity contribution >= 4 is 0 Å². The van der Waals surface area contributed by atoms with Crippen LogP contribution in [0.4, 0.5) is 8.78 Å². The van der Waals surface area contributed by atoms with Crippen LogP contribution in [0.1, 0.15) is 0 Å². The third kappa shape index (κ3) is 3.20. The number of para-hydroxylation sites is 2. The van der Waals surface area contributed by atoms with Gasteiger partial charge >= 0.3 is 0 Å². The van der Waals surface area contributed by atoms with Gasteiger partial charge in [-0.25, -0.2) is 8.78 Å². The molecule has 78 valence electrons. The van der Waals surface area contributed by atoms with Gasteiger partial charge in [0.1, 0.15) is 26.6 Å². The van der Waals surface area contributed by atoms with Crippen molar-refractivity contribution in [1.29, 1.82) is 0 Å². The molecule has 0 aromatic heterocycles. The minimum absolute atomic E-state index is 0.0179. The van der Waals surface area contributed by atoms with Gasteiger partial charge in [0.25, 0.3) is 0 Å². The molecule has 0 unspecified atom stereocenters. The smallest absolute Gasteiger partial charge is 0.161 e. The Morgan fingerprint density at radius 3 is 1.64 bits per heavy atom. The molecule has 1 rings (SSSR count). The third-order valence-electron chi connectivity index (χ3n) is 1.52. The zero-order valence-electron chi connectivity index (χ0n) is 7.71. The molecule has 0 N–H and O–H groups in total. The van der Waals surface area contributed by atoms with Crippen molar-refractivity contribution in [3.63, 3.8) is 0 Å². The van der Waals surface area contributed by atoms with E-state index in [4.69, 9.17) is 9.47 Å². The second-order valence-electron chi connectivity index (χ2n) is 2.52. The molecule has 0 aliphatic carbocycles. The van der Waals surface area contributed by atoms with Gasteiger partial charge in [-0.2, -0.15) is 0 Å². The monoisotopic (exact) mass is 202 g/mol. The fourth-order valence-corrected chi connectivity index (χ4v) is 0.986. The summed E-state index contributed by atoms with van der Waals surface area (Å²) >= 11 is 0. The molecule has 0 fully saturated rings. The summed E-state index contributed by atoms with van der Waals surface area (Å²) < 4.78 is 33.8. The third-order valence-corrected chi connectivity index (χ3v) is 1.52. The first-order valence-corrected chi connectivity index (χ1v) is 4.35. The molecule has 0 spiro atoms. The van der Waals surface area contributed by atoms with Crippen LogP contribution in [0.25, 0.3) is 0 Å². The number of hydrogen-bond donors (Lipinski definition) is 0. The predicted molar refractivity (Wildman–Crippen MR) is 49.4 cm³/mol. The van der Waals surface area contributed by atoms with E-state index in [1.807, 2.05) is 0 Å². The molecule has 0 bridgehead atoms. The normalized spacial score (nSPS) is 9.86. The molecule has 0 atom stereocenters. The van der Waals surface area contributed by atoms with Gasteiger partial charge < -0.3 is 9.47 Å². The van der Waals surface area contributed by atoms with E-state index in [1.165, 1.54) is 0 Å². The summed E-state index contributed by atoms with van der Waals surface area (Å²) in [5.74, 6) is 0.886. The maximum absolute atomic E-state index is 11.8. The molecule has 1 aromatic rings. The van der Waals surface area contributed by atoms with Crippen LogP contribution in [0.15, 0.2) is 24.3 Å². The van der Waals surface area contributed by atoms with Crippen LogP contribution in [0.2, 0.25) is 0 Å². The fourth-order valence-electron chi connectivity index (χ4n) is 0.986. The van der Waals surface area contributed by atoms with Crippen molar-refractivity contribution in [3.8, 4) is 11.5 Å². The van der Waals surface area contributed by atoms with Crippen LogP contribution in [-0.2, 0) is 0 Å². The second-order valence-corrected chi connectivity index (χ2v) is 2.52. The molecule has 1 aromatic carbocycles. The lowest BCUT2D eigenvalue weighted by Gasteiger charge is -2.10. The van der Waals surface area contributed by atoms with Gasteiger partial charge in [-0.15, -0.1) is 0 Å². The Kier molecular flexibility index (Phi) is 4.75. The maximum Gasteiger partial charge on any atom is 0.161 e. The molecular weight excluding hydrogens is 190 g/mol. The molecule has 0 aliphatic heterocycles. The van der Waals surface area contributed by atoms with E-state index < -0.39 is 13.3 Å². The summed E-state index contributed by atoms with van der Waals surface area (Å²) in [6, 6.07) is 6.80. The first-order valence-electron chi connectivity index (χ1n) is 4.35. The lowest BCUT2D eigenvalue weighted by atomic mass is 10.3. The highest BCUT2D eigenvalue weighted by Gasteiger charge is 2.02. The van der Waals surface area contributed by atoms with Crippen molar-refractivity contribution in [2.45, 2.75) is 0 Å². The summed E-state index contributed by atoms with van der Waals surface area (Å²) in [6.45, 7) is -1.15. The average Bonchev–Trinajstić information content (AvgIpc) is 2.24. The van der Waals surface area contributed by atoms with Gasteiger partial charge in [0.15, 0.2) is 11.5 Å². The first-order chi connectivity index (χ1) is 6.88. The van der Waals surface area contributed by atoms with Crippen LogP contribution >= 0.6 is 0 Å². The number of rotatable bonds is 6. The minimum Gasteiger partial charge on any atom is -0.487 e. The zero-order chi connectivity index (χ0) is 10.2. The summed E-state index contributed by atoms with van der Waals surface area (Å²) in [6.07, 6.45) is 0. The SMILES string of the molecule is FCCOc1ccccc1OCCF. The lowest BCUT2D eigenvalue weighted by molar-refractivity contribution is 0.235. The van der Waals surface area contributed by atoms with Gasteiger partial charge in [0.05, 0.1) is 0 Å². The topological polar surface area (TPSA) is 18.5 Å². The Bertz CT molecular complexity index is 239. The van der Waals surface area contributed by atoms with E-state index in [9.17, 15) is 8.78 Å². The van der Waals surface area contributed by atoms with Gasteiger partial charge in [0.2, 0.25) is 0 Å². The van der Waals surface area contributed by atoms with Crippen LogP contribution < -0.4 is 9.47 Å². The van der Waals surface area contributed by atoms with E-state index >= 15 is 0 Å². The number of halogens is 2. The highest BCUT2D eigenvalue weighted by atomic mass is 19.1.